The molecule has 0 spiro atoms. The number of hydrogen-bond donors (Lipinski definition) is 0. The Labute approximate surface area is 97.0 Å². The van der Waals surface area contributed by atoms with Crippen molar-refractivity contribution in [2.75, 3.05) is 12.5 Å². The highest BCUT2D eigenvalue weighted by Gasteiger charge is 1.92. The molecule has 0 atom stereocenters. The summed E-state index contributed by atoms with van der Waals surface area (Å²) in [5, 5.41) is 0. The van der Waals surface area contributed by atoms with Gasteiger partial charge in [-0.2, -0.15) is 0 Å². The molecule has 0 aromatic heterocycles. The highest BCUT2D eigenvalue weighted by Crippen LogP contribution is 2.07. The maximum Gasteiger partial charge on any atom is 0.302 e. The summed E-state index contributed by atoms with van der Waals surface area (Å²) >= 11 is 5.65. The van der Waals surface area contributed by atoms with Gasteiger partial charge in [0.2, 0.25) is 0 Å². The van der Waals surface area contributed by atoms with Gasteiger partial charge in [0.05, 0.1) is 0 Å². The van der Waals surface area contributed by atoms with E-state index in [9.17, 15) is 4.79 Å². The van der Waals surface area contributed by atoms with E-state index in [0.29, 0.717) is 12.5 Å². The van der Waals surface area contributed by atoms with Gasteiger partial charge in [-0.3, -0.25) is 4.79 Å². The summed E-state index contributed by atoms with van der Waals surface area (Å²) in [6, 6.07) is 0. The Morgan fingerprint density at radius 1 is 1.20 bits per heavy atom. The molecule has 15 heavy (non-hydrogen) atoms. The van der Waals surface area contributed by atoms with E-state index in [2.05, 4.69) is 6.08 Å². The fourth-order valence-corrected chi connectivity index (χ4v) is 1.11. The predicted octanol–water partition coefficient (Wildman–Crippen LogP) is 3.46. The van der Waals surface area contributed by atoms with Gasteiger partial charge in [0.15, 0.2) is 0 Å². The third-order valence-electron chi connectivity index (χ3n) is 1.96. The van der Waals surface area contributed by atoms with Crippen LogP contribution in [0.1, 0.15) is 33.6 Å². The van der Waals surface area contributed by atoms with Gasteiger partial charge < -0.3 is 4.74 Å². The second-order valence-electron chi connectivity index (χ2n) is 3.58. The smallest absolute Gasteiger partial charge is 0.302 e. The third-order valence-corrected chi connectivity index (χ3v) is 2.38. The van der Waals surface area contributed by atoms with Crippen molar-refractivity contribution in [2.45, 2.75) is 33.6 Å². The lowest BCUT2D eigenvalue weighted by molar-refractivity contribution is -0.139. The van der Waals surface area contributed by atoms with Crippen LogP contribution in [0.3, 0.4) is 0 Å². The molecule has 0 rings (SSSR count). The molecule has 0 amide bonds. The number of carbonyl (C=O) groups excluding carboxylic acids is 1. The van der Waals surface area contributed by atoms with Crippen LogP contribution in [0.25, 0.3) is 0 Å². The van der Waals surface area contributed by atoms with Gasteiger partial charge in [0, 0.05) is 12.8 Å². The number of carbonyl (C=O) groups is 1. The molecule has 0 unspecified atom stereocenters. The summed E-state index contributed by atoms with van der Waals surface area (Å²) in [4.78, 5) is 10.5. The Morgan fingerprint density at radius 3 is 2.40 bits per heavy atom. The van der Waals surface area contributed by atoms with Gasteiger partial charge in [-0.25, -0.2) is 0 Å². The molecule has 3 heteroatoms. The van der Waals surface area contributed by atoms with Crippen LogP contribution in [-0.2, 0) is 9.53 Å². The van der Waals surface area contributed by atoms with Crippen LogP contribution < -0.4 is 0 Å². The molecule has 0 aliphatic carbocycles. The van der Waals surface area contributed by atoms with E-state index in [1.54, 1.807) is 0 Å². The van der Waals surface area contributed by atoms with Crippen LogP contribution in [0.4, 0.5) is 0 Å². The first-order valence-electron chi connectivity index (χ1n) is 5.07. The molecule has 0 saturated heterocycles. The summed E-state index contributed by atoms with van der Waals surface area (Å²) in [5.41, 5.74) is 2.43. The van der Waals surface area contributed by atoms with Crippen molar-refractivity contribution in [3.05, 3.63) is 23.3 Å². The Hall–Kier alpha value is -0.760. The quantitative estimate of drug-likeness (QED) is 0.397. The lowest BCUT2D eigenvalue weighted by atomic mass is 10.1. The van der Waals surface area contributed by atoms with Gasteiger partial charge in [-0.05, 0) is 32.8 Å². The van der Waals surface area contributed by atoms with E-state index in [1.807, 2.05) is 19.9 Å². The molecule has 0 saturated carbocycles. The number of hydrogen-bond acceptors (Lipinski definition) is 2. The molecule has 86 valence electrons. The van der Waals surface area contributed by atoms with Crippen LogP contribution in [0, 0.1) is 0 Å². The minimum Gasteiger partial charge on any atom is -0.462 e. The topological polar surface area (TPSA) is 26.3 Å². The largest absolute Gasteiger partial charge is 0.462 e. The van der Waals surface area contributed by atoms with Crippen molar-refractivity contribution in [1.82, 2.24) is 0 Å². The summed E-state index contributed by atoms with van der Waals surface area (Å²) in [7, 11) is 0. The van der Waals surface area contributed by atoms with Gasteiger partial charge in [-0.15, -0.1) is 11.6 Å². The van der Waals surface area contributed by atoms with Crippen molar-refractivity contribution in [3.8, 4) is 0 Å². The molecule has 0 aromatic carbocycles. The average Bonchev–Trinajstić information content (AvgIpc) is 2.17. The first kappa shape index (κ1) is 14.2. The normalized spacial score (nSPS) is 12.8. The first-order valence-corrected chi connectivity index (χ1v) is 5.60. The van der Waals surface area contributed by atoms with E-state index >= 15 is 0 Å². The van der Waals surface area contributed by atoms with Crippen molar-refractivity contribution >= 4 is 17.6 Å². The van der Waals surface area contributed by atoms with Crippen LogP contribution in [-0.4, -0.2) is 18.5 Å². The number of rotatable bonds is 6. The standard InChI is InChI=1S/C12H19ClO2/c1-10(7-8-15-12(3)14)5-4-6-11(2)9-13/h6-7H,4-5,8-9H2,1-3H3/b10-7+,11-6+. The van der Waals surface area contributed by atoms with E-state index in [1.165, 1.54) is 18.1 Å². The van der Waals surface area contributed by atoms with E-state index in [0.717, 1.165) is 12.8 Å². The Balaban J connectivity index is 3.73. The monoisotopic (exact) mass is 230 g/mol. The average molecular weight is 231 g/mol. The molecule has 0 aliphatic rings. The van der Waals surface area contributed by atoms with Crippen LogP contribution >= 0.6 is 11.6 Å². The molecule has 0 radical (unpaired) electrons. The second-order valence-corrected chi connectivity index (χ2v) is 3.84. The van der Waals surface area contributed by atoms with Gasteiger partial charge in [-0.1, -0.05) is 17.2 Å². The lowest BCUT2D eigenvalue weighted by Gasteiger charge is -2.00. The van der Waals surface area contributed by atoms with Crippen molar-refractivity contribution in [1.29, 1.82) is 0 Å². The maximum absolute atomic E-state index is 10.5. The molecule has 0 aliphatic heterocycles. The van der Waals surface area contributed by atoms with Crippen molar-refractivity contribution in [3.63, 3.8) is 0 Å². The number of allylic oxidation sites excluding steroid dienone is 3. The first-order chi connectivity index (χ1) is 7.06. The molecular formula is C12H19ClO2. The highest BCUT2D eigenvalue weighted by molar-refractivity contribution is 6.19. The molecule has 0 fully saturated rings. The molecule has 0 N–H and O–H groups in total. The van der Waals surface area contributed by atoms with E-state index in [-0.39, 0.29) is 5.97 Å². The summed E-state index contributed by atoms with van der Waals surface area (Å²) in [5.74, 6) is 0.355. The number of alkyl halides is 1. The zero-order chi connectivity index (χ0) is 11.7. The Bertz CT molecular complexity index is 254. The van der Waals surface area contributed by atoms with Crippen LogP contribution in [0.2, 0.25) is 0 Å². The molecule has 0 bridgehead atoms. The van der Waals surface area contributed by atoms with Gasteiger partial charge in [0.25, 0.3) is 0 Å². The molecule has 2 nitrogen and oxygen atoms in total. The van der Waals surface area contributed by atoms with Crippen LogP contribution in [0.15, 0.2) is 23.3 Å². The number of ether oxygens (including phenoxy) is 1. The number of halogens is 1. The number of esters is 1. The SMILES string of the molecule is CC(=O)OC/C=C(\C)CC/C=C(\C)CCl. The Kier molecular flexibility index (Phi) is 8.11. The zero-order valence-electron chi connectivity index (χ0n) is 9.68. The minimum absolute atomic E-state index is 0.239. The lowest BCUT2D eigenvalue weighted by Crippen LogP contribution is -1.98. The van der Waals surface area contributed by atoms with Crippen molar-refractivity contribution < 1.29 is 9.53 Å². The van der Waals surface area contributed by atoms with Gasteiger partial charge in [0.1, 0.15) is 6.61 Å². The molecule has 0 heterocycles. The van der Waals surface area contributed by atoms with Crippen LogP contribution in [0.5, 0.6) is 0 Å². The maximum atomic E-state index is 10.5. The minimum atomic E-state index is -0.239. The zero-order valence-corrected chi connectivity index (χ0v) is 10.4. The molecule has 0 aromatic rings. The summed E-state index contributed by atoms with van der Waals surface area (Å²) < 4.78 is 4.81. The predicted molar refractivity (Wildman–Crippen MR) is 64.1 cm³/mol. The summed E-state index contributed by atoms with van der Waals surface area (Å²) in [6.45, 7) is 5.84. The van der Waals surface area contributed by atoms with Crippen molar-refractivity contribution in [2.24, 2.45) is 0 Å². The second kappa shape index (κ2) is 8.54. The fourth-order valence-electron chi connectivity index (χ4n) is 1.00. The highest BCUT2D eigenvalue weighted by atomic mass is 35.5. The van der Waals surface area contributed by atoms with Gasteiger partial charge >= 0.3 is 5.97 Å². The Morgan fingerprint density at radius 2 is 1.87 bits per heavy atom. The van der Waals surface area contributed by atoms with E-state index < -0.39 is 0 Å². The summed E-state index contributed by atoms with van der Waals surface area (Å²) in [6.07, 6.45) is 6.04. The van der Waals surface area contributed by atoms with E-state index in [4.69, 9.17) is 16.3 Å². The molecular weight excluding hydrogens is 212 g/mol. The third kappa shape index (κ3) is 9.54. The fraction of sp³-hybridized carbons (Fsp3) is 0.583.